The van der Waals surface area contributed by atoms with E-state index >= 15 is 0 Å². The van der Waals surface area contributed by atoms with Gasteiger partial charge in [-0.2, -0.15) is 0 Å². The number of carbonyl (C=O) groups excluding carboxylic acids is 7. The number of hydrogen-bond donors (Lipinski definition) is 0. The predicted octanol–water partition coefficient (Wildman–Crippen LogP) is 26.9. The summed E-state index contributed by atoms with van der Waals surface area (Å²) in [5.74, 6) is 3.95. The lowest BCUT2D eigenvalue weighted by molar-refractivity contribution is -0.156. The van der Waals surface area contributed by atoms with E-state index in [1.54, 1.807) is 60.6 Å². The van der Waals surface area contributed by atoms with Crippen LogP contribution in [-0.4, -0.2) is 115 Å². The third-order valence-electron chi connectivity index (χ3n) is 24.3. The number of ether oxygens (including phenoxy) is 20. The maximum absolute atomic E-state index is 12.0. The van der Waals surface area contributed by atoms with Gasteiger partial charge in [-0.1, -0.05) is 179 Å². The van der Waals surface area contributed by atoms with Crippen molar-refractivity contribution in [2.45, 2.75) is 288 Å². The first-order chi connectivity index (χ1) is 70.1. The molecule has 148 heavy (non-hydrogen) atoms. The summed E-state index contributed by atoms with van der Waals surface area (Å²) in [6.07, 6.45) is 14.7. The fourth-order valence-corrected chi connectivity index (χ4v) is 15.0. The number of hydrogen-bond acceptors (Lipinski definition) is 27. The fourth-order valence-electron chi connectivity index (χ4n) is 15.0. The van der Waals surface area contributed by atoms with Gasteiger partial charge in [0.25, 0.3) is 0 Å². The molecule has 0 amide bonds. The van der Waals surface area contributed by atoms with Gasteiger partial charge < -0.3 is 94.7 Å². The Morgan fingerprint density at radius 1 is 0.318 bits per heavy atom. The number of fused-ring (bicyclic) bond motifs is 3. The Balaban J connectivity index is 0.000000304. The Morgan fingerprint density at radius 3 is 0.899 bits per heavy atom. The first-order valence-corrected chi connectivity index (χ1v) is 50.4. The van der Waals surface area contributed by atoms with Gasteiger partial charge in [0.2, 0.25) is 13.6 Å². The Morgan fingerprint density at radius 2 is 0.588 bits per heavy atom. The average Bonchev–Trinajstić information content (AvgIpc) is 1.27. The van der Waals surface area contributed by atoms with Crippen LogP contribution >= 0.6 is 0 Å². The van der Waals surface area contributed by atoms with Gasteiger partial charge in [0.15, 0.2) is 49.7 Å². The highest BCUT2D eigenvalue weighted by molar-refractivity contribution is 5.90. The molecule has 806 valence electrons. The van der Waals surface area contributed by atoms with Gasteiger partial charge in [-0.25, -0.2) is 33.6 Å². The van der Waals surface area contributed by atoms with Gasteiger partial charge in [0, 0.05) is 84.5 Å². The number of benzene rings is 7. The molecule has 0 bridgehead atoms. The molecule has 8 unspecified atom stereocenters. The summed E-state index contributed by atoms with van der Waals surface area (Å²) in [6.45, 7) is 78.0. The summed E-state index contributed by atoms with van der Waals surface area (Å²) < 4.78 is 109. The number of esters is 7. The van der Waals surface area contributed by atoms with Crippen LogP contribution in [0.4, 0.5) is 0 Å². The van der Waals surface area contributed by atoms with Crippen molar-refractivity contribution in [1.82, 2.24) is 0 Å². The molecule has 4 aliphatic rings. The van der Waals surface area contributed by atoms with E-state index in [1.807, 2.05) is 229 Å². The summed E-state index contributed by atoms with van der Waals surface area (Å²) in [5.41, 5.74) is 5.46. The zero-order chi connectivity index (χ0) is 110. The largest absolute Gasteiger partial charge is 0.493 e. The molecular weight excluding hydrogens is 1890 g/mol. The quantitative estimate of drug-likeness (QED) is 0.00854. The van der Waals surface area contributed by atoms with Crippen LogP contribution in [0, 0.1) is 0 Å². The van der Waals surface area contributed by atoms with Gasteiger partial charge in [-0.05, 0) is 292 Å². The fraction of sp³-hybridized carbons (Fsp3) is 0.446. The minimum absolute atomic E-state index is 0.159. The first kappa shape index (κ1) is 125. The van der Waals surface area contributed by atoms with E-state index in [0.29, 0.717) is 108 Å². The van der Waals surface area contributed by atoms with Crippen molar-refractivity contribution >= 4 is 41.8 Å². The van der Waals surface area contributed by atoms with E-state index < -0.39 is 51.1 Å². The normalized spacial score (nSPS) is 15.3. The van der Waals surface area contributed by atoms with Crippen molar-refractivity contribution in [3.63, 3.8) is 0 Å². The lowest BCUT2D eigenvalue weighted by Crippen LogP contribution is -2.29. The van der Waals surface area contributed by atoms with E-state index in [4.69, 9.17) is 94.7 Å². The van der Waals surface area contributed by atoms with E-state index in [0.717, 1.165) is 145 Å². The van der Waals surface area contributed by atoms with E-state index in [-0.39, 0.29) is 70.1 Å². The van der Waals surface area contributed by atoms with E-state index in [2.05, 4.69) is 86.0 Å². The molecule has 7 aromatic rings. The van der Waals surface area contributed by atoms with Crippen molar-refractivity contribution in [3.8, 4) is 51.7 Å². The Bertz CT molecular complexity index is 5570. The molecule has 0 saturated carbocycles. The zero-order valence-corrected chi connectivity index (χ0v) is 91.5. The molecule has 4 heterocycles. The number of carbonyl (C=O) groups is 7. The minimum Gasteiger partial charge on any atom is -0.493 e. The molecule has 8 atom stereocenters. The van der Waals surface area contributed by atoms with Crippen LogP contribution in [0.25, 0.3) is 0 Å². The highest BCUT2D eigenvalue weighted by atomic mass is 16.7. The van der Waals surface area contributed by atoms with Gasteiger partial charge >= 0.3 is 41.8 Å². The van der Waals surface area contributed by atoms with Crippen LogP contribution in [0.1, 0.15) is 280 Å². The van der Waals surface area contributed by atoms with Crippen molar-refractivity contribution in [2.75, 3.05) is 67.0 Å². The Labute approximate surface area is 878 Å². The second kappa shape index (κ2) is 61.3. The topological polar surface area (TPSA) is 304 Å². The van der Waals surface area contributed by atoms with Gasteiger partial charge in [-0.3, -0.25) is 0 Å². The monoisotopic (exact) mass is 2050 g/mol. The predicted molar refractivity (Wildman–Crippen MR) is 575 cm³/mol. The van der Waals surface area contributed by atoms with Gasteiger partial charge in [-0.15, -0.1) is 13.2 Å². The van der Waals surface area contributed by atoms with E-state index in [1.165, 1.54) is 5.56 Å². The van der Waals surface area contributed by atoms with Crippen molar-refractivity contribution < 1.29 is 128 Å². The summed E-state index contributed by atoms with van der Waals surface area (Å²) in [5, 5.41) is 0. The molecule has 0 N–H and O–H groups in total. The maximum Gasteiger partial charge on any atom is 0.333 e. The second-order valence-corrected chi connectivity index (χ2v) is 37.6. The SMILES string of the molecule is C=C(C)C(=O)OC(C)(CC)c1ccc(OCOCC)cc1.C=C(C)C(=O)OC(C)(CC)c1ccc2c(c1)CCO2.C=C(C)C(=O)OC(C)(CCC)c1ccc(OC2CCCCO2)cc1.C=C(C)C(=O)OC(C)(CCC)c1ccc(OCOCC)cc1.C=C(C)C(=O)OC(C)(CCC)c1ccc2c(c1)OCO2.C=CCC(C)(OC(=O)C(=C)C)c1ccc(OCOCC)cc1.C=CCC(C)(OC(=O)C(=C)C)c1ccc2c(c1)OCO2. The smallest absolute Gasteiger partial charge is 0.333 e. The molecule has 1 fully saturated rings. The molecule has 0 spiro atoms. The van der Waals surface area contributed by atoms with Crippen molar-refractivity contribution in [2.24, 2.45) is 0 Å². The van der Waals surface area contributed by atoms with Crippen LogP contribution in [0.5, 0.6) is 51.7 Å². The van der Waals surface area contributed by atoms with Crippen LogP contribution in [0.3, 0.4) is 0 Å². The lowest BCUT2D eigenvalue weighted by atomic mass is 9.90. The van der Waals surface area contributed by atoms with Crippen LogP contribution in [-0.2, 0) is 131 Å². The highest BCUT2D eigenvalue weighted by Gasteiger charge is 2.39. The van der Waals surface area contributed by atoms with Gasteiger partial charge in [0.1, 0.15) is 68.0 Å². The average molecular weight is 2050 g/mol. The van der Waals surface area contributed by atoms with Crippen LogP contribution in [0.15, 0.2) is 262 Å². The third-order valence-corrected chi connectivity index (χ3v) is 24.3. The van der Waals surface area contributed by atoms with Crippen molar-refractivity contribution in [3.05, 3.63) is 307 Å². The van der Waals surface area contributed by atoms with Crippen LogP contribution < -0.4 is 42.6 Å². The summed E-state index contributed by atoms with van der Waals surface area (Å²) in [7, 11) is 0. The molecule has 7 aromatic carbocycles. The molecular formula is C121H160O27. The molecule has 27 heteroatoms. The molecule has 0 aliphatic carbocycles. The maximum atomic E-state index is 12.0. The number of rotatable bonds is 47. The summed E-state index contributed by atoms with van der Waals surface area (Å²) in [6, 6.07) is 47.3. The highest BCUT2D eigenvalue weighted by Crippen LogP contribution is 2.44. The van der Waals surface area contributed by atoms with E-state index in [9.17, 15) is 33.6 Å². The van der Waals surface area contributed by atoms with Crippen LogP contribution in [0.2, 0.25) is 0 Å². The molecule has 4 aliphatic heterocycles. The Kier molecular flexibility index (Phi) is 51.8. The third kappa shape index (κ3) is 39.3. The Hall–Kier alpha value is -13.5. The second-order valence-electron chi connectivity index (χ2n) is 37.6. The van der Waals surface area contributed by atoms with Crippen molar-refractivity contribution in [1.29, 1.82) is 0 Å². The standard InChI is InChI=1S/C20H28O4.C18H26O4.C18H24O4.C17H24O4.C16H20O4.C16H18O4.C16H20O3/c1-5-13-20(4,24-19(21)15(2)3)16-9-11-17(12-10-16)23-18-8-6-7-14-22-18;2*1-6-12-18(5,22-17(19)14(3)4)15-8-10-16(11-9-15)21-13-20-7-2;1-6-17(5,21-16(18)13(3)4)14-8-10-15(11-9-14)20-12-19-7-2;2*1-5-8-16(4,20-15(17)11(2)3)12-6-7-13-14(9-12)19-10-18-13;1-5-16(4,19-15(17)11(2)3)13-6-7-14-12(10-13)8-9-18-14/h9-12,18H,2,5-8,13-14H2,1,3-4H3;8-11H,3,6-7,12-13H2,1-2,4-5H3;6,8-11H,1,3,7,12-13H2,2,4-5H3;8-11H,3,6-7,12H2,1-2,4-5H3;6-7,9H,2,5,8,10H2,1,3-4H3;5-7,9H,1-2,8,10H2,3-4H3;6-7,10H,2,5,8-9H2,1,3-4H3. The molecule has 1 saturated heterocycles. The summed E-state index contributed by atoms with van der Waals surface area (Å²) in [4.78, 5) is 82.9. The first-order valence-electron chi connectivity index (χ1n) is 50.4. The zero-order valence-electron chi connectivity index (χ0n) is 91.5. The summed E-state index contributed by atoms with van der Waals surface area (Å²) >= 11 is 0. The molecule has 11 rings (SSSR count). The molecule has 27 nitrogen and oxygen atoms in total. The molecule has 0 aromatic heterocycles. The van der Waals surface area contributed by atoms with Gasteiger partial charge in [0.05, 0.1) is 13.2 Å². The lowest BCUT2D eigenvalue weighted by Gasteiger charge is -2.30. The minimum atomic E-state index is -0.807. The molecule has 0 radical (unpaired) electrons.